The van der Waals surface area contributed by atoms with Gasteiger partial charge in [-0.3, -0.25) is 20.2 Å². The number of nitrogens with zero attached hydrogens (tertiary/aromatic N) is 2. The van der Waals surface area contributed by atoms with Crippen molar-refractivity contribution >= 4 is 17.3 Å². The molecule has 0 bridgehead atoms. The molecule has 10 nitrogen and oxygen atoms in total. The SMILES string of the molecule is CCCCCC(N)(N)C(=O)OCc1ccc([N+](=O)[O-])cc1[N+](=O)[O-]. The zero-order valence-electron chi connectivity index (χ0n) is 13.3. The summed E-state index contributed by atoms with van der Waals surface area (Å²) >= 11 is 0. The van der Waals surface area contributed by atoms with Crippen LogP contribution in [0.1, 0.15) is 38.2 Å². The molecular weight excluding hydrogens is 320 g/mol. The first-order valence-corrected chi connectivity index (χ1v) is 7.35. The molecule has 0 fully saturated rings. The third kappa shape index (κ3) is 5.25. The van der Waals surface area contributed by atoms with Gasteiger partial charge in [0.05, 0.1) is 21.5 Å². The molecule has 0 amide bonds. The molecule has 0 saturated carbocycles. The van der Waals surface area contributed by atoms with Crippen LogP contribution in [-0.4, -0.2) is 21.5 Å². The van der Waals surface area contributed by atoms with Gasteiger partial charge < -0.3 is 16.2 Å². The van der Waals surface area contributed by atoms with Gasteiger partial charge in [0.2, 0.25) is 0 Å². The van der Waals surface area contributed by atoms with Crippen LogP contribution in [0.15, 0.2) is 18.2 Å². The van der Waals surface area contributed by atoms with E-state index in [-0.39, 0.29) is 12.0 Å². The van der Waals surface area contributed by atoms with Crippen LogP contribution in [0.3, 0.4) is 0 Å². The van der Waals surface area contributed by atoms with Crippen LogP contribution in [0, 0.1) is 20.2 Å². The van der Waals surface area contributed by atoms with Crippen LogP contribution in [0.2, 0.25) is 0 Å². The van der Waals surface area contributed by atoms with Crippen LogP contribution in [-0.2, 0) is 16.1 Å². The van der Waals surface area contributed by atoms with Crippen molar-refractivity contribution in [2.45, 2.75) is 44.9 Å². The van der Waals surface area contributed by atoms with E-state index < -0.39 is 39.5 Å². The molecule has 0 aromatic heterocycles. The minimum Gasteiger partial charge on any atom is -0.458 e. The third-order valence-corrected chi connectivity index (χ3v) is 3.41. The molecule has 0 unspecified atom stereocenters. The maximum Gasteiger partial charge on any atom is 0.341 e. The Kier molecular flexibility index (Phi) is 6.74. The summed E-state index contributed by atoms with van der Waals surface area (Å²) in [6.07, 6.45) is 2.66. The highest BCUT2D eigenvalue weighted by Gasteiger charge is 2.31. The van der Waals surface area contributed by atoms with Gasteiger partial charge in [0.15, 0.2) is 5.66 Å². The zero-order chi connectivity index (χ0) is 18.3. The molecule has 1 rings (SSSR count). The summed E-state index contributed by atoms with van der Waals surface area (Å²) < 4.78 is 4.95. The molecule has 0 spiro atoms. The lowest BCUT2D eigenvalue weighted by atomic mass is 10.0. The molecule has 0 heterocycles. The molecule has 4 N–H and O–H groups in total. The lowest BCUT2D eigenvalue weighted by Crippen LogP contribution is -2.57. The van der Waals surface area contributed by atoms with Crippen molar-refractivity contribution in [1.29, 1.82) is 0 Å². The van der Waals surface area contributed by atoms with Gasteiger partial charge in [0.1, 0.15) is 6.61 Å². The molecule has 0 aliphatic carbocycles. The van der Waals surface area contributed by atoms with Crippen LogP contribution < -0.4 is 11.5 Å². The average Bonchev–Trinajstić information content (AvgIpc) is 2.52. The molecule has 0 atom stereocenters. The highest BCUT2D eigenvalue weighted by atomic mass is 16.6. The number of ether oxygens (including phenoxy) is 1. The molecule has 132 valence electrons. The fourth-order valence-electron chi connectivity index (χ4n) is 2.01. The van der Waals surface area contributed by atoms with E-state index in [1.54, 1.807) is 0 Å². The van der Waals surface area contributed by atoms with Crippen molar-refractivity contribution in [3.63, 3.8) is 0 Å². The van der Waals surface area contributed by atoms with Crippen LogP contribution in [0.25, 0.3) is 0 Å². The fourth-order valence-corrected chi connectivity index (χ4v) is 2.01. The Morgan fingerprint density at radius 2 is 1.88 bits per heavy atom. The summed E-state index contributed by atoms with van der Waals surface area (Å²) in [5.41, 5.74) is 8.82. The Morgan fingerprint density at radius 1 is 1.21 bits per heavy atom. The van der Waals surface area contributed by atoms with Gasteiger partial charge in [-0.25, -0.2) is 4.79 Å². The molecule has 24 heavy (non-hydrogen) atoms. The number of hydrogen-bond donors (Lipinski definition) is 2. The molecular formula is C14H20N4O6. The van der Waals surface area contributed by atoms with Crippen LogP contribution >= 0.6 is 0 Å². The van der Waals surface area contributed by atoms with E-state index in [1.807, 2.05) is 6.92 Å². The predicted molar refractivity (Wildman–Crippen MR) is 84.8 cm³/mol. The first-order chi connectivity index (χ1) is 11.2. The number of hydrogen-bond acceptors (Lipinski definition) is 8. The van der Waals surface area contributed by atoms with E-state index in [1.165, 1.54) is 0 Å². The quantitative estimate of drug-likeness (QED) is 0.225. The fraction of sp³-hybridized carbons (Fsp3) is 0.500. The van der Waals surface area contributed by atoms with Crippen LogP contribution in [0.4, 0.5) is 11.4 Å². The second-order valence-electron chi connectivity index (χ2n) is 5.40. The normalized spacial score (nSPS) is 11.1. The van der Waals surface area contributed by atoms with Gasteiger partial charge in [0, 0.05) is 6.07 Å². The molecule has 1 aromatic rings. The van der Waals surface area contributed by atoms with E-state index >= 15 is 0 Å². The number of nitro groups is 2. The second kappa shape index (κ2) is 8.31. The molecule has 0 radical (unpaired) electrons. The lowest BCUT2D eigenvalue weighted by molar-refractivity contribution is -0.394. The number of esters is 1. The molecule has 0 saturated heterocycles. The number of carbonyl (C=O) groups is 1. The minimum atomic E-state index is -1.68. The summed E-state index contributed by atoms with van der Waals surface area (Å²) in [5.74, 6) is -0.883. The Hall–Kier alpha value is -2.59. The van der Waals surface area contributed by atoms with Crippen molar-refractivity contribution in [2.75, 3.05) is 0 Å². The third-order valence-electron chi connectivity index (χ3n) is 3.41. The van der Waals surface area contributed by atoms with E-state index in [2.05, 4.69) is 0 Å². The molecule has 10 heteroatoms. The smallest absolute Gasteiger partial charge is 0.341 e. The molecule has 0 aliphatic heterocycles. The maximum atomic E-state index is 11.9. The van der Waals surface area contributed by atoms with Gasteiger partial charge >= 0.3 is 5.97 Å². The number of benzene rings is 1. The zero-order valence-corrected chi connectivity index (χ0v) is 13.3. The van der Waals surface area contributed by atoms with Gasteiger partial charge in [-0.15, -0.1) is 0 Å². The minimum absolute atomic E-state index is 0.0170. The van der Waals surface area contributed by atoms with E-state index in [0.29, 0.717) is 6.42 Å². The Balaban J connectivity index is 2.81. The van der Waals surface area contributed by atoms with Crippen molar-refractivity contribution < 1.29 is 19.4 Å². The van der Waals surface area contributed by atoms with E-state index in [9.17, 15) is 25.0 Å². The highest BCUT2D eigenvalue weighted by Crippen LogP contribution is 2.25. The summed E-state index contributed by atoms with van der Waals surface area (Å²) in [7, 11) is 0. The van der Waals surface area contributed by atoms with E-state index in [0.717, 1.165) is 31.0 Å². The van der Waals surface area contributed by atoms with Gasteiger partial charge in [-0.05, 0) is 18.9 Å². The number of nitrogens with two attached hydrogens (primary N) is 2. The van der Waals surface area contributed by atoms with Crippen molar-refractivity contribution in [1.82, 2.24) is 0 Å². The van der Waals surface area contributed by atoms with Crippen molar-refractivity contribution in [2.24, 2.45) is 11.5 Å². The summed E-state index contributed by atoms with van der Waals surface area (Å²) in [6, 6.07) is 3.06. The number of rotatable bonds is 9. The number of non-ortho nitro benzene ring substituents is 1. The first-order valence-electron chi connectivity index (χ1n) is 7.35. The highest BCUT2D eigenvalue weighted by molar-refractivity contribution is 5.79. The largest absolute Gasteiger partial charge is 0.458 e. The molecule has 0 aliphatic rings. The Morgan fingerprint density at radius 3 is 2.42 bits per heavy atom. The van der Waals surface area contributed by atoms with Crippen molar-refractivity contribution in [3.8, 4) is 0 Å². The summed E-state index contributed by atoms with van der Waals surface area (Å²) in [6.45, 7) is 1.54. The van der Waals surface area contributed by atoms with Gasteiger partial charge in [0.25, 0.3) is 11.4 Å². The maximum absolute atomic E-state index is 11.9. The average molecular weight is 340 g/mol. The van der Waals surface area contributed by atoms with Gasteiger partial charge in [-0.2, -0.15) is 0 Å². The predicted octanol–water partition coefficient (Wildman–Crippen LogP) is 1.74. The van der Waals surface area contributed by atoms with Crippen LogP contribution in [0.5, 0.6) is 0 Å². The number of nitro benzene ring substituents is 2. The summed E-state index contributed by atoms with van der Waals surface area (Å²) in [5, 5.41) is 21.7. The standard InChI is InChI=1S/C14H20N4O6/c1-2-3-4-7-14(15,16)13(19)24-9-10-5-6-11(17(20)21)8-12(10)18(22)23/h5-6,8H,2-4,7,9,15-16H2,1H3. The van der Waals surface area contributed by atoms with E-state index in [4.69, 9.17) is 16.2 Å². The lowest BCUT2D eigenvalue weighted by Gasteiger charge is -2.22. The molecule has 1 aromatic carbocycles. The first kappa shape index (κ1) is 19.5. The summed E-state index contributed by atoms with van der Waals surface area (Å²) in [4.78, 5) is 32.1. The monoisotopic (exact) mass is 340 g/mol. The second-order valence-corrected chi connectivity index (χ2v) is 5.40. The Bertz CT molecular complexity index is 632. The number of carbonyl (C=O) groups excluding carboxylic acids is 1. The Labute approximate surface area is 138 Å². The van der Waals surface area contributed by atoms with Crippen molar-refractivity contribution in [3.05, 3.63) is 44.0 Å². The van der Waals surface area contributed by atoms with Gasteiger partial charge in [-0.1, -0.05) is 19.8 Å². The topological polar surface area (TPSA) is 165 Å². The number of unbranched alkanes of at least 4 members (excludes halogenated alkanes) is 2.